The molecule has 0 bridgehead atoms. The molecule has 2 heterocycles. The van der Waals surface area contributed by atoms with Crippen molar-refractivity contribution in [1.29, 1.82) is 0 Å². The highest BCUT2D eigenvalue weighted by atomic mass is 32.2. The van der Waals surface area contributed by atoms with E-state index in [4.69, 9.17) is 0 Å². The molecule has 0 radical (unpaired) electrons. The molecule has 2 rings (SSSR count). The summed E-state index contributed by atoms with van der Waals surface area (Å²) in [6, 6.07) is 0. The number of hydrogen-bond donors (Lipinski definition) is 2. The van der Waals surface area contributed by atoms with Crippen LogP contribution in [0.1, 0.15) is 17.8 Å². The van der Waals surface area contributed by atoms with Crippen LogP contribution in [0.4, 0.5) is 5.13 Å². The van der Waals surface area contributed by atoms with Crippen LogP contribution in [0, 0.1) is 6.92 Å². The van der Waals surface area contributed by atoms with E-state index in [0.717, 1.165) is 33.4 Å². The third-order valence-electron chi connectivity index (χ3n) is 1.70. The van der Waals surface area contributed by atoms with E-state index in [0.29, 0.717) is 0 Å². The highest BCUT2D eigenvalue weighted by Crippen LogP contribution is 2.23. The van der Waals surface area contributed by atoms with Crippen molar-refractivity contribution in [3.63, 3.8) is 0 Å². The second-order valence-electron chi connectivity index (χ2n) is 3.02. The maximum atomic E-state index is 4.21. The van der Waals surface area contributed by atoms with Gasteiger partial charge in [-0.05, 0) is 13.8 Å². The summed E-state index contributed by atoms with van der Waals surface area (Å²) in [5.41, 5.74) is 0. The molecule has 0 fully saturated rings. The van der Waals surface area contributed by atoms with Crippen molar-refractivity contribution in [2.45, 2.75) is 24.8 Å². The monoisotopic (exact) mass is 256 g/mol. The maximum Gasteiger partial charge on any atom is 0.208 e. The van der Waals surface area contributed by atoms with Gasteiger partial charge in [0.15, 0.2) is 0 Å². The number of anilines is 1. The normalized spacial score (nSPS) is 10.6. The number of aromatic amines is 1. The number of thioether (sulfide) groups is 1. The van der Waals surface area contributed by atoms with E-state index in [9.17, 15) is 0 Å². The van der Waals surface area contributed by atoms with Gasteiger partial charge in [-0.3, -0.25) is 5.10 Å². The first-order valence-corrected chi connectivity index (χ1v) is 6.66. The molecule has 0 amide bonds. The van der Waals surface area contributed by atoms with Gasteiger partial charge in [0.05, 0.1) is 5.75 Å². The SMILES string of the molecule is CCNc1nnc(CSc2n[nH]c(C)n2)s1. The van der Waals surface area contributed by atoms with Crippen molar-refractivity contribution in [2.75, 3.05) is 11.9 Å². The van der Waals surface area contributed by atoms with E-state index in [1.165, 1.54) is 0 Å². The highest BCUT2D eigenvalue weighted by molar-refractivity contribution is 7.98. The molecule has 16 heavy (non-hydrogen) atoms. The van der Waals surface area contributed by atoms with Gasteiger partial charge >= 0.3 is 0 Å². The molecule has 2 aromatic heterocycles. The van der Waals surface area contributed by atoms with Crippen LogP contribution in [0.15, 0.2) is 5.16 Å². The summed E-state index contributed by atoms with van der Waals surface area (Å²) in [4.78, 5) is 4.21. The fraction of sp³-hybridized carbons (Fsp3) is 0.500. The number of hydrogen-bond acceptors (Lipinski definition) is 7. The van der Waals surface area contributed by atoms with Crippen molar-refractivity contribution < 1.29 is 0 Å². The summed E-state index contributed by atoms with van der Waals surface area (Å²) in [7, 11) is 0. The van der Waals surface area contributed by atoms with Crippen molar-refractivity contribution in [3.8, 4) is 0 Å². The summed E-state index contributed by atoms with van der Waals surface area (Å²) in [6.45, 7) is 4.78. The van der Waals surface area contributed by atoms with Crippen LogP contribution in [0.3, 0.4) is 0 Å². The quantitative estimate of drug-likeness (QED) is 0.792. The number of nitrogens with zero attached hydrogens (tertiary/aromatic N) is 4. The number of H-pyrrole nitrogens is 1. The molecule has 0 atom stereocenters. The van der Waals surface area contributed by atoms with Crippen LogP contribution >= 0.6 is 23.1 Å². The molecule has 0 unspecified atom stereocenters. The van der Waals surface area contributed by atoms with Crippen molar-refractivity contribution in [1.82, 2.24) is 25.4 Å². The average molecular weight is 256 g/mol. The molecule has 2 aromatic rings. The molecular formula is C8H12N6S2. The van der Waals surface area contributed by atoms with E-state index < -0.39 is 0 Å². The van der Waals surface area contributed by atoms with Gasteiger partial charge < -0.3 is 5.32 Å². The molecule has 0 aliphatic heterocycles. The minimum absolute atomic E-state index is 0.748. The van der Waals surface area contributed by atoms with Crippen LogP contribution in [-0.4, -0.2) is 31.9 Å². The number of nitrogens with one attached hydrogen (secondary N) is 2. The Morgan fingerprint density at radius 3 is 3.00 bits per heavy atom. The summed E-state index contributed by atoms with van der Waals surface area (Å²) in [5.74, 6) is 1.58. The molecule has 6 nitrogen and oxygen atoms in total. The Labute approximate surface area is 101 Å². The lowest BCUT2D eigenvalue weighted by Crippen LogP contribution is -1.94. The van der Waals surface area contributed by atoms with Crippen molar-refractivity contribution in [2.24, 2.45) is 0 Å². The highest BCUT2D eigenvalue weighted by Gasteiger charge is 2.06. The zero-order chi connectivity index (χ0) is 11.4. The van der Waals surface area contributed by atoms with E-state index in [1.807, 2.05) is 13.8 Å². The first kappa shape index (κ1) is 11.3. The summed E-state index contributed by atoms with van der Waals surface area (Å²) in [5, 5.41) is 20.7. The lowest BCUT2D eigenvalue weighted by molar-refractivity contribution is 0.966. The molecule has 0 aliphatic carbocycles. The Bertz CT molecular complexity index is 451. The summed E-state index contributed by atoms with van der Waals surface area (Å²) in [6.07, 6.45) is 0. The van der Waals surface area contributed by atoms with E-state index in [-0.39, 0.29) is 0 Å². The van der Waals surface area contributed by atoms with Gasteiger partial charge in [0.2, 0.25) is 10.3 Å². The largest absolute Gasteiger partial charge is 0.360 e. The van der Waals surface area contributed by atoms with Gasteiger partial charge in [0.25, 0.3) is 0 Å². The molecule has 8 heteroatoms. The zero-order valence-corrected chi connectivity index (χ0v) is 10.7. The van der Waals surface area contributed by atoms with Gasteiger partial charge in [-0.15, -0.1) is 15.3 Å². The van der Waals surface area contributed by atoms with Crippen LogP contribution in [0.2, 0.25) is 0 Å². The van der Waals surface area contributed by atoms with Crippen LogP contribution < -0.4 is 5.32 Å². The molecular weight excluding hydrogens is 244 g/mol. The number of aryl methyl sites for hydroxylation is 1. The Morgan fingerprint density at radius 2 is 2.31 bits per heavy atom. The molecule has 0 spiro atoms. The van der Waals surface area contributed by atoms with Gasteiger partial charge in [0, 0.05) is 6.54 Å². The van der Waals surface area contributed by atoms with E-state index >= 15 is 0 Å². The van der Waals surface area contributed by atoms with Crippen LogP contribution in [-0.2, 0) is 5.75 Å². The standard InChI is InChI=1S/C8H12N6S2/c1-3-9-7-13-12-6(16-7)4-15-8-10-5(2)11-14-8/h3-4H2,1-2H3,(H,9,13)(H,10,11,14). The van der Waals surface area contributed by atoms with E-state index in [2.05, 4.69) is 30.7 Å². The summed E-state index contributed by atoms with van der Waals surface area (Å²) >= 11 is 3.12. The molecule has 0 saturated heterocycles. The lowest BCUT2D eigenvalue weighted by atomic mass is 10.8. The Morgan fingerprint density at radius 1 is 1.44 bits per heavy atom. The maximum absolute atomic E-state index is 4.21. The predicted octanol–water partition coefficient (Wildman–Crippen LogP) is 1.69. The molecule has 0 aliphatic rings. The average Bonchev–Trinajstić information content (AvgIpc) is 2.85. The molecule has 0 saturated carbocycles. The Balaban J connectivity index is 1.89. The molecule has 2 N–H and O–H groups in total. The lowest BCUT2D eigenvalue weighted by Gasteiger charge is -1.92. The second-order valence-corrected chi connectivity index (χ2v) is 5.03. The first-order valence-electron chi connectivity index (χ1n) is 4.86. The van der Waals surface area contributed by atoms with Gasteiger partial charge in [0.1, 0.15) is 10.8 Å². The fourth-order valence-corrected chi connectivity index (χ4v) is 2.69. The third kappa shape index (κ3) is 2.92. The minimum Gasteiger partial charge on any atom is -0.360 e. The smallest absolute Gasteiger partial charge is 0.208 e. The first-order chi connectivity index (χ1) is 7.78. The third-order valence-corrected chi connectivity index (χ3v) is 3.62. The van der Waals surface area contributed by atoms with Gasteiger partial charge in [-0.2, -0.15) is 0 Å². The van der Waals surface area contributed by atoms with Crippen LogP contribution in [0.5, 0.6) is 0 Å². The fourth-order valence-electron chi connectivity index (χ4n) is 1.05. The Hall–Kier alpha value is -1.15. The van der Waals surface area contributed by atoms with Crippen LogP contribution in [0.25, 0.3) is 0 Å². The topological polar surface area (TPSA) is 79.4 Å². The van der Waals surface area contributed by atoms with E-state index in [1.54, 1.807) is 23.1 Å². The molecule has 86 valence electrons. The van der Waals surface area contributed by atoms with Crippen molar-refractivity contribution >= 4 is 28.2 Å². The van der Waals surface area contributed by atoms with Gasteiger partial charge in [-0.1, -0.05) is 23.1 Å². The minimum atomic E-state index is 0.748. The zero-order valence-electron chi connectivity index (χ0n) is 9.02. The number of aromatic nitrogens is 5. The van der Waals surface area contributed by atoms with Crippen molar-refractivity contribution in [3.05, 3.63) is 10.8 Å². The predicted molar refractivity (Wildman–Crippen MR) is 64.8 cm³/mol. The summed E-state index contributed by atoms with van der Waals surface area (Å²) < 4.78 is 0. The Kier molecular flexibility index (Phi) is 3.73. The molecule has 0 aromatic carbocycles. The number of rotatable bonds is 5. The second kappa shape index (κ2) is 5.26. The van der Waals surface area contributed by atoms with Gasteiger partial charge in [-0.25, -0.2) is 4.98 Å².